The van der Waals surface area contributed by atoms with Crippen LogP contribution in [-0.2, 0) is 65.1 Å². The van der Waals surface area contributed by atoms with E-state index in [9.17, 15) is 9.50 Å². The van der Waals surface area contributed by atoms with Gasteiger partial charge in [0.05, 0.1) is 105 Å². The third-order valence-corrected chi connectivity index (χ3v) is 30.1. The number of hydrogen-bond acceptors (Lipinski definition) is 24. The number of aliphatic hydroxyl groups excluding tert-OH is 1. The second kappa shape index (κ2) is 38.6. The average molecular weight is 1840 g/mol. The number of aromatic nitrogens is 13. The van der Waals surface area contributed by atoms with Crippen LogP contribution < -0.4 is 26.6 Å². The van der Waals surface area contributed by atoms with Crippen molar-refractivity contribution in [3.05, 3.63) is 244 Å². The molecule has 1 fully saturated rings. The summed E-state index contributed by atoms with van der Waals surface area (Å²) in [5.41, 5.74) is 23.7. The second-order valence-corrected chi connectivity index (χ2v) is 39.4. The molecule has 0 bridgehead atoms. The first kappa shape index (κ1) is 90.1. The molecule has 1 unspecified atom stereocenters. The maximum absolute atomic E-state index is 13.7. The number of amidine groups is 2. The van der Waals surface area contributed by atoms with E-state index in [1.807, 2.05) is 102 Å². The number of ether oxygens (including phenoxy) is 1. The fourth-order valence-corrected chi connectivity index (χ4v) is 24.5. The van der Waals surface area contributed by atoms with Crippen LogP contribution >= 0.6 is 79.6 Å². The molecule has 3 aliphatic rings. The van der Waals surface area contributed by atoms with Gasteiger partial charge in [0.15, 0.2) is 11.6 Å². The van der Waals surface area contributed by atoms with Gasteiger partial charge in [-0.2, -0.15) is 15.3 Å². The molecule has 0 saturated carbocycles. The molecule has 22 rings (SSSR count). The molecule has 3 aliphatic heterocycles. The highest BCUT2D eigenvalue weighted by molar-refractivity contribution is 7.27. The monoisotopic (exact) mass is 1840 g/mol. The van der Waals surface area contributed by atoms with Crippen molar-refractivity contribution in [2.24, 2.45) is 37.0 Å². The molecule has 19 aromatic rings. The van der Waals surface area contributed by atoms with Gasteiger partial charge in [0, 0.05) is 144 Å². The number of pyridine rings is 6. The highest BCUT2D eigenvalue weighted by Gasteiger charge is 2.28. The van der Waals surface area contributed by atoms with Crippen LogP contribution in [0.3, 0.4) is 0 Å². The van der Waals surface area contributed by atoms with Crippen LogP contribution in [0.1, 0.15) is 134 Å². The maximum atomic E-state index is 13.7. The number of aliphatic hydroxyl groups is 1. The van der Waals surface area contributed by atoms with E-state index in [1.54, 1.807) is 80.2 Å². The van der Waals surface area contributed by atoms with Crippen LogP contribution in [-0.4, -0.2) is 113 Å². The molecule has 22 nitrogen and oxygen atoms in total. The average Bonchev–Trinajstić information content (AvgIpc) is 1.60. The Morgan fingerprint density at radius 2 is 0.984 bits per heavy atom. The number of aryl methyl sites for hydroxylation is 14. The van der Waals surface area contributed by atoms with E-state index >= 15 is 0 Å². The summed E-state index contributed by atoms with van der Waals surface area (Å²) in [6.45, 7) is 33.8. The number of benzene rings is 3. The van der Waals surface area contributed by atoms with E-state index in [4.69, 9.17) is 21.3 Å². The lowest BCUT2D eigenvalue weighted by molar-refractivity contribution is 0.195. The summed E-state index contributed by atoms with van der Waals surface area (Å²) in [6, 6.07) is 42.8. The molecule has 0 spiro atoms. The molecule has 19 heterocycles. The SMILES string of the molecule is C.Cc1cc(C)c2c(n1)sc1c(NC3CCOC3)cn(CCO)c12.Cc1cc(C)c2c3c(sc2n1)C(NCc1ccccc1)=NC3.Cc1cc(C)c2c3c(sc2n1)C(NCc1ccccc1F)=NC3.Cc1ccc2c(n1)sc1c(NCCC(C)C)nn(C)c12.Cc1ccc2c(n1)sc1c(NCc3ccccc3)nn(C)c12.Cc1nc2sc3c(C)nn(C)c3c2c(C)c1Cl. The zero-order valence-corrected chi connectivity index (χ0v) is 79.8. The summed E-state index contributed by atoms with van der Waals surface area (Å²) in [6.07, 6.45) is 4.31. The van der Waals surface area contributed by atoms with Gasteiger partial charge in [-0.25, -0.2) is 34.3 Å². The van der Waals surface area contributed by atoms with Crippen molar-refractivity contribution in [3.63, 3.8) is 0 Å². The molecule has 0 aliphatic carbocycles. The van der Waals surface area contributed by atoms with Crippen LogP contribution in [0.4, 0.5) is 21.7 Å². The maximum Gasteiger partial charge on any atom is 0.166 e. The Hall–Kier alpha value is -11.3. The van der Waals surface area contributed by atoms with Crippen molar-refractivity contribution < 1.29 is 14.2 Å². The predicted octanol–water partition coefficient (Wildman–Crippen LogP) is 23.6. The molecule has 16 aromatic heterocycles. The summed E-state index contributed by atoms with van der Waals surface area (Å²) in [5.74, 6) is 4.30. The minimum Gasteiger partial charge on any atom is -0.395 e. The number of halogens is 2. The zero-order chi connectivity index (χ0) is 88.7. The fraction of sp³-hybridized carbons (Fsp3) is 0.316. The fourth-order valence-electron chi connectivity index (χ4n) is 16.8. The van der Waals surface area contributed by atoms with Gasteiger partial charge in [0.25, 0.3) is 0 Å². The lowest BCUT2D eigenvalue weighted by atomic mass is 10.1. The van der Waals surface area contributed by atoms with Gasteiger partial charge in [0.2, 0.25) is 0 Å². The van der Waals surface area contributed by atoms with Crippen molar-refractivity contribution in [3.8, 4) is 0 Å². The molecule has 660 valence electrons. The molecule has 30 heteroatoms. The van der Waals surface area contributed by atoms with Crippen LogP contribution in [0.5, 0.6) is 0 Å². The summed E-state index contributed by atoms with van der Waals surface area (Å²) >= 11 is 16.6. The van der Waals surface area contributed by atoms with Crippen LogP contribution in [0.25, 0.3) is 102 Å². The van der Waals surface area contributed by atoms with Crippen LogP contribution in [0.2, 0.25) is 5.02 Å². The Kier molecular flexibility index (Phi) is 27.2. The van der Waals surface area contributed by atoms with Gasteiger partial charge >= 0.3 is 0 Å². The van der Waals surface area contributed by atoms with Gasteiger partial charge in [-0.05, 0) is 177 Å². The Labute approximate surface area is 772 Å². The lowest BCUT2D eigenvalue weighted by Crippen LogP contribution is -2.22. The predicted molar refractivity (Wildman–Crippen MR) is 539 cm³/mol. The Bertz CT molecular complexity index is 7400. The zero-order valence-electron chi connectivity index (χ0n) is 74.1. The quantitative estimate of drug-likeness (QED) is 0.0558. The van der Waals surface area contributed by atoms with E-state index in [-0.39, 0.29) is 19.9 Å². The number of aliphatic imine (C=N–C) groups is 2. The Balaban J connectivity index is 0.000000113. The van der Waals surface area contributed by atoms with Crippen LogP contribution in [0.15, 0.2) is 144 Å². The molecule has 128 heavy (non-hydrogen) atoms. The van der Waals surface area contributed by atoms with E-state index < -0.39 is 0 Å². The number of nitrogens with zero attached hydrogens (tertiary/aromatic N) is 15. The smallest absolute Gasteiger partial charge is 0.166 e. The van der Waals surface area contributed by atoms with E-state index in [0.29, 0.717) is 37.2 Å². The van der Waals surface area contributed by atoms with E-state index in [1.165, 1.54) is 107 Å². The first-order valence-electron chi connectivity index (χ1n) is 42.7. The Morgan fingerprint density at radius 3 is 1.52 bits per heavy atom. The normalized spacial score (nSPS) is 13.3. The molecule has 0 radical (unpaired) electrons. The summed E-state index contributed by atoms with van der Waals surface area (Å²) in [4.78, 5) is 46.0. The van der Waals surface area contributed by atoms with Crippen molar-refractivity contribution in [1.82, 2.24) is 74.4 Å². The molecule has 1 atom stereocenters. The second-order valence-electron chi connectivity index (χ2n) is 33.0. The topological polar surface area (TPSA) is 250 Å². The van der Waals surface area contributed by atoms with Gasteiger partial charge in [0.1, 0.15) is 46.5 Å². The largest absolute Gasteiger partial charge is 0.395 e. The van der Waals surface area contributed by atoms with Crippen molar-refractivity contribution in [1.29, 1.82) is 0 Å². The molecular formula is C98H106ClFN20O2S6. The first-order chi connectivity index (χ1) is 61.3. The molecule has 0 amide bonds. The molecule has 3 aromatic carbocycles. The molecule has 1 saturated heterocycles. The minimum atomic E-state index is -0.191. The number of fused-ring (bicyclic) bond motifs is 18. The van der Waals surface area contributed by atoms with Gasteiger partial charge < -0.3 is 41.0 Å². The highest BCUT2D eigenvalue weighted by atomic mass is 35.5. The van der Waals surface area contributed by atoms with Crippen molar-refractivity contribution in [2.45, 2.75) is 156 Å². The van der Waals surface area contributed by atoms with E-state index in [2.05, 4.69) is 220 Å². The van der Waals surface area contributed by atoms with Gasteiger partial charge in [-0.15, -0.1) is 68.0 Å². The number of anilines is 3. The summed E-state index contributed by atoms with van der Waals surface area (Å²) < 4.78 is 32.0. The number of nitrogens with one attached hydrogen (secondary N) is 5. The Morgan fingerprint density at radius 1 is 0.500 bits per heavy atom. The summed E-state index contributed by atoms with van der Waals surface area (Å²) in [7, 11) is 5.96. The highest BCUT2D eigenvalue weighted by Crippen LogP contribution is 2.45. The van der Waals surface area contributed by atoms with Crippen LogP contribution in [0, 0.1) is 87.9 Å². The number of thiophene rings is 6. The third kappa shape index (κ3) is 18.6. The van der Waals surface area contributed by atoms with Crippen molar-refractivity contribution in [2.75, 3.05) is 42.3 Å². The molecule has 6 N–H and O–H groups in total. The lowest BCUT2D eigenvalue weighted by Gasteiger charge is -2.10. The van der Waals surface area contributed by atoms with Crippen molar-refractivity contribution >= 4 is 211 Å². The van der Waals surface area contributed by atoms with Gasteiger partial charge in [-0.3, -0.25) is 24.0 Å². The number of rotatable bonds is 15. The first-order valence-corrected chi connectivity index (χ1v) is 47.9. The number of hydrogen-bond donors (Lipinski definition) is 6. The van der Waals surface area contributed by atoms with Gasteiger partial charge in [-0.1, -0.05) is 112 Å². The third-order valence-electron chi connectivity index (χ3n) is 22.8. The van der Waals surface area contributed by atoms with E-state index in [0.717, 1.165) is 182 Å². The minimum absolute atomic E-state index is 0. The standard InChI is InChI=1S/C18H16FN3S.C18H17N3S.C17H16N4S.C17H21N3O2S.C15H20N4S.C12H12ClN3S.CH4/c1-10-7-11(2)22-18-15(10)13-9-21-17(16(13)23-18)20-8-12-5-3-4-6-14(12)19;1-11-8-12(2)21-18-15(11)14-10-20-17(16(14)22-18)19-9-13-6-4-3-5-7-13;1-11-8-9-13-14-15(22-17(13)19-11)16(20-21(14)2)18-10-12-6-4-3-5-7-12;1-10-7-11(2)18-17-14(10)15-16(23-17)13(8-20(15)4-5-21)19-12-3-6-22-9-12;1-9(2)7-8-16-14-13-12(19(4)18-14)11-6-5-10(3)17-15(11)20-13;1-5-8-10-11(7(3)15-16(10)4)17-12(8)14-6(2)9(5)13;/h3-7H,8-9H2,1-2H3,(H,20,21);3-8H,9-10H2,1-2H3,(H,19,20);3-9H,10H2,1-2H3,(H,18,20);7-8,12,19,21H,3-6,9H2,1-2H3;5-6,9H,7-8H2,1-4H3,(H,16,18);1-4H3;1H4. The molecular weight excluding hydrogens is 1740 g/mol. The summed E-state index contributed by atoms with van der Waals surface area (Å²) in [5, 5.41) is 48.4.